The number of ketones is 1. The van der Waals surface area contributed by atoms with Crippen LogP contribution < -0.4 is 4.74 Å². The lowest BCUT2D eigenvalue weighted by Gasteiger charge is -2.12. The van der Waals surface area contributed by atoms with Crippen molar-refractivity contribution in [1.82, 2.24) is 14.8 Å². The minimum absolute atomic E-state index is 0.0134. The quantitative estimate of drug-likeness (QED) is 0.129. The Morgan fingerprint density at radius 3 is 2.22 bits per heavy atom. The van der Waals surface area contributed by atoms with Gasteiger partial charge in [-0.05, 0) is 59.7 Å². The Kier molecular flexibility index (Phi) is 8.04. The summed E-state index contributed by atoms with van der Waals surface area (Å²) in [6.45, 7) is 0.210. The molecule has 0 aliphatic rings. The summed E-state index contributed by atoms with van der Waals surface area (Å²) in [6.07, 6.45) is 0. The Morgan fingerprint density at radius 1 is 0.838 bits per heavy atom. The average Bonchev–Trinajstić information content (AvgIpc) is 3.35. The fourth-order valence-electron chi connectivity index (χ4n) is 3.71. The van der Waals surface area contributed by atoms with Crippen molar-refractivity contribution in [3.05, 3.63) is 124 Å². The molecular weight excluding hydrogens is 570 g/mol. The van der Waals surface area contributed by atoms with Crippen LogP contribution in [0.2, 0.25) is 5.02 Å². The van der Waals surface area contributed by atoms with Crippen molar-refractivity contribution < 1.29 is 9.53 Å². The molecule has 37 heavy (non-hydrogen) atoms. The molecule has 0 saturated carbocycles. The van der Waals surface area contributed by atoms with E-state index in [4.69, 9.17) is 16.3 Å². The largest absolute Gasteiger partial charge is 0.486 e. The third-order valence-corrected chi connectivity index (χ3v) is 7.32. The molecule has 0 bridgehead atoms. The molecule has 0 spiro atoms. The summed E-state index contributed by atoms with van der Waals surface area (Å²) < 4.78 is 8.88. The van der Waals surface area contributed by atoms with E-state index in [2.05, 4.69) is 38.3 Å². The normalized spacial score (nSPS) is 10.9. The van der Waals surface area contributed by atoms with Gasteiger partial charge in [0.05, 0.1) is 5.75 Å². The van der Waals surface area contributed by atoms with Crippen LogP contribution in [0.4, 0.5) is 0 Å². The van der Waals surface area contributed by atoms with Crippen LogP contribution in [0.5, 0.6) is 5.75 Å². The molecule has 0 unspecified atom stereocenters. The number of benzene rings is 4. The zero-order chi connectivity index (χ0) is 25.6. The third-order valence-electron chi connectivity index (χ3n) is 5.61. The lowest BCUT2D eigenvalue weighted by Crippen LogP contribution is -2.08. The van der Waals surface area contributed by atoms with E-state index in [-0.39, 0.29) is 18.1 Å². The summed E-state index contributed by atoms with van der Waals surface area (Å²) >= 11 is 10.8. The van der Waals surface area contributed by atoms with Crippen LogP contribution in [-0.4, -0.2) is 26.3 Å². The Balaban J connectivity index is 1.33. The van der Waals surface area contributed by atoms with Crippen molar-refractivity contribution in [3.8, 4) is 22.6 Å². The number of halogens is 2. The van der Waals surface area contributed by atoms with Crippen LogP contribution in [0.15, 0.2) is 113 Å². The van der Waals surface area contributed by atoms with Gasteiger partial charge in [-0.1, -0.05) is 93.9 Å². The van der Waals surface area contributed by atoms with E-state index in [0.29, 0.717) is 21.6 Å². The lowest BCUT2D eigenvalue weighted by atomic mass is 10.1. The highest BCUT2D eigenvalue weighted by Crippen LogP contribution is 2.26. The van der Waals surface area contributed by atoms with Crippen molar-refractivity contribution in [2.75, 3.05) is 5.75 Å². The predicted octanol–water partition coefficient (Wildman–Crippen LogP) is 7.90. The van der Waals surface area contributed by atoms with Crippen molar-refractivity contribution in [2.45, 2.75) is 11.8 Å². The number of hydrogen-bond acceptors (Lipinski definition) is 5. The second-order valence-electron chi connectivity index (χ2n) is 8.11. The van der Waals surface area contributed by atoms with Crippen LogP contribution in [0, 0.1) is 0 Å². The minimum Gasteiger partial charge on any atom is -0.486 e. The first-order valence-corrected chi connectivity index (χ1v) is 13.6. The summed E-state index contributed by atoms with van der Waals surface area (Å²) in [4.78, 5) is 12.7. The number of aromatic nitrogens is 3. The molecule has 5 nitrogen and oxygen atoms in total. The third kappa shape index (κ3) is 6.31. The summed E-state index contributed by atoms with van der Waals surface area (Å²) in [5.74, 6) is 1.59. The minimum atomic E-state index is 0.0134. The maximum atomic E-state index is 12.7. The molecule has 0 amide bonds. The smallest absolute Gasteiger partial charge is 0.196 e. The van der Waals surface area contributed by atoms with Crippen LogP contribution in [-0.2, 0) is 6.61 Å². The number of carbonyl (C=O) groups excluding carboxylic acids is 1. The van der Waals surface area contributed by atoms with Gasteiger partial charge < -0.3 is 4.74 Å². The topological polar surface area (TPSA) is 57.0 Å². The van der Waals surface area contributed by atoms with Gasteiger partial charge in [0.25, 0.3) is 0 Å². The highest BCUT2D eigenvalue weighted by Gasteiger charge is 2.17. The first-order valence-electron chi connectivity index (χ1n) is 11.5. The zero-order valence-corrected chi connectivity index (χ0v) is 22.7. The summed E-state index contributed by atoms with van der Waals surface area (Å²) in [6, 6.07) is 32.9. The van der Waals surface area contributed by atoms with Gasteiger partial charge in [-0.15, -0.1) is 10.2 Å². The number of nitrogens with zero attached hydrogens (tertiary/aromatic N) is 3. The number of Topliss-reactive ketones (excluding diaryl/α,β-unsaturated/α-hetero) is 1. The number of rotatable bonds is 9. The highest BCUT2D eigenvalue weighted by atomic mass is 79.9. The molecule has 0 fully saturated rings. The molecule has 0 atom stereocenters. The van der Waals surface area contributed by atoms with Crippen molar-refractivity contribution in [1.29, 1.82) is 0 Å². The zero-order valence-electron chi connectivity index (χ0n) is 19.6. The van der Waals surface area contributed by atoms with E-state index in [1.165, 1.54) is 11.8 Å². The number of carbonyl (C=O) groups is 1. The van der Waals surface area contributed by atoms with Crippen LogP contribution in [0.1, 0.15) is 16.2 Å². The molecule has 4 aromatic carbocycles. The van der Waals surface area contributed by atoms with Gasteiger partial charge in [-0.25, -0.2) is 0 Å². The van der Waals surface area contributed by atoms with E-state index in [1.807, 2.05) is 83.4 Å². The molecule has 5 aromatic rings. The van der Waals surface area contributed by atoms with Gasteiger partial charge in [-0.2, -0.15) is 0 Å². The van der Waals surface area contributed by atoms with Crippen LogP contribution >= 0.6 is 39.3 Å². The molecular formula is C29H21BrClN3O2S. The second kappa shape index (κ2) is 11.8. The van der Waals surface area contributed by atoms with Crippen LogP contribution in [0.25, 0.3) is 16.8 Å². The summed E-state index contributed by atoms with van der Waals surface area (Å²) in [5.41, 5.74) is 3.75. The molecule has 0 saturated heterocycles. The predicted molar refractivity (Wildman–Crippen MR) is 152 cm³/mol. The molecule has 1 heterocycles. The molecule has 0 N–H and O–H groups in total. The van der Waals surface area contributed by atoms with Gasteiger partial charge in [0.1, 0.15) is 12.4 Å². The van der Waals surface area contributed by atoms with Gasteiger partial charge in [-0.3, -0.25) is 9.36 Å². The molecule has 0 aliphatic heterocycles. The molecule has 1 aromatic heterocycles. The first kappa shape index (κ1) is 25.3. The number of hydrogen-bond donors (Lipinski definition) is 0. The van der Waals surface area contributed by atoms with E-state index in [1.54, 1.807) is 12.1 Å². The maximum Gasteiger partial charge on any atom is 0.196 e. The van der Waals surface area contributed by atoms with Gasteiger partial charge in [0.15, 0.2) is 16.8 Å². The molecule has 0 aliphatic carbocycles. The van der Waals surface area contributed by atoms with Crippen LogP contribution in [0.3, 0.4) is 0 Å². The highest BCUT2D eigenvalue weighted by molar-refractivity contribution is 9.10. The Hall–Kier alpha value is -3.39. The van der Waals surface area contributed by atoms with E-state index >= 15 is 0 Å². The fourth-order valence-corrected chi connectivity index (χ4v) is 4.96. The molecule has 5 rings (SSSR count). The molecule has 184 valence electrons. The second-order valence-corrected chi connectivity index (χ2v) is 10.4. The van der Waals surface area contributed by atoms with E-state index in [9.17, 15) is 4.79 Å². The summed E-state index contributed by atoms with van der Waals surface area (Å²) in [5, 5.41) is 9.97. The lowest BCUT2D eigenvalue weighted by molar-refractivity contribution is 0.102. The number of ether oxygens (including phenoxy) is 1. The Labute approximate surface area is 232 Å². The first-order chi connectivity index (χ1) is 18.1. The van der Waals surface area contributed by atoms with Gasteiger partial charge in [0, 0.05) is 20.7 Å². The van der Waals surface area contributed by atoms with E-state index < -0.39 is 0 Å². The standard InChI is InChI=1S/C29H21BrClN3O2S/c30-23-10-6-22(7-11-23)27(35)19-37-29-33-32-28(34(29)25-14-12-24(31)13-15-25)18-36-26-16-8-21(9-17-26)20-4-2-1-3-5-20/h1-17H,18-19H2. The fraction of sp³-hybridized carbons (Fsp3) is 0.0690. The van der Waals surface area contributed by atoms with Gasteiger partial charge in [0.2, 0.25) is 0 Å². The monoisotopic (exact) mass is 589 g/mol. The molecule has 8 heteroatoms. The Bertz CT molecular complexity index is 1490. The SMILES string of the molecule is O=C(CSc1nnc(COc2ccc(-c3ccccc3)cc2)n1-c1ccc(Cl)cc1)c1ccc(Br)cc1. The van der Waals surface area contributed by atoms with Crippen molar-refractivity contribution >= 4 is 45.1 Å². The van der Waals surface area contributed by atoms with Gasteiger partial charge >= 0.3 is 0 Å². The van der Waals surface area contributed by atoms with Crippen molar-refractivity contribution in [2.24, 2.45) is 0 Å². The summed E-state index contributed by atoms with van der Waals surface area (Å²) in [7, 11) is 0. The van der Waals surface area contributed by atoms with Crippen molar-refractivity contribution in [3.63, 3.8) is 0 Å². The molecule has 0 radical (unpaired) electrons. The van der Waals surface area contributed by atoms with E-state index in [0.717, 1.165) is 27.0 Å². The average molecular weight is 591 g/mol. The maximum absolute atomic E-state index is 12.7. The number of thioether (sulfide) groups is 1. The Morgan fingerprint density at radius 2 is 1.51 bits per heavy atom.